The molecule has 1 saturated carbocycles. The van der Waals surface area contributed by atoms with Crippen LogP contribution >= 0.6 is 39.1 Å². The third kappa shape index (κ3) is 4.61. The molecule has 1 unspecified atom stereocenters. The Bertz CT molecular complexity index is 1120. The molecule has 4 aromatic rings. The van der Waals surface area contributed by atoms with Crippen LogP contribution in [0.3, 0.4) is 0 Å². The van der Waals surface area contributed by atoms with E-state index in [-0.39, 0.29) is 0 Å². The van der Waals surface area contributed by atoms with Crippen molar-refractivity contribution >= 4 is 60.9 Å². The molecule has 0 radical (unpaired) electrons. The van der Waals surface area contributed by atoms with E-state index in [0.717, 1.165) is 44.7 Å². The van der Waals surface area contributed by atoms with E-state index in [2.05, 4.69) is 36.3 Å². The molecule has 2 aromatic heterocycles. The van der Waals surface area contributed by atoms with Gasteiger partial charge in [0.2, 0.25) is 0 Å². The number of fused-ring (bicyclic) bond motifs is 2. The van der Waals surface area contributed by atoms with E-state index in [1.165, 1.54) is 19.3 Å². The average Bonchev–Trinajstić information content (AvgIpc) is 3.37. The summed E-state index contributed by atoms with van der Waals surface area (Å²) in [6.07, 6.45) is 9.04. The summed E-state index contributed by atoms with van der Waals surface area (Å²) in [6.45, 7) is 0. The zero-order valence-corrected chi connectivity index (χ0v) is 18.7. The quantitative estimate of drug-likeness (QED) is 0.286. The molecule has 1 aliphatic carbocycles. The first kappa shape index (κ1) is 20.7. The first-order valence-electron chi connectivity index (χ1n) is 9.61. The molecule has 8 heteroatoms. The van der Waals surface area contributed by atoms with E-state index < -0.39 is 6.10 Å². The summed E-state index contributed by atoms with van der Waals surface area (Å²) < 4.78 is 0.966. The molecule has 1 atom stereocenters. The SMILES string of the molecule is Clc1cc(Br)c2cn[nH]c2c1.OC(c1cc(Cl)cc2[nH]ncc12)C1CCCCC1. The zero-order valence-electron chi connectivity index (χ0n) is 15.6. The number of aromatic nitrogens is 4. The normalized spacial score (nSPS) is 16.0. The van der Waals surface area contributed by atoms with Crippen molar-refractivity contribution in [3.8, 4) is 0 Å². The highest BCUT2D eigenvalue weighted by atomic mass is 79.9. The van der Waals surface area contributed by atoms with Crippen molar-refractivity contribution in [2.45, 2.75) is 38.2 Å². The van der Waals surface area contributed by atoms with Crippen molar-refractivity contribution in [1.82, 2.24) is 20.4 Å². The molecule has 0 saturated heterocycles. The summed E-state index contributed by atoms with van der Waals surface area (Å²) in [7, 11) is 0. The number of nitrogens with one attached hydrogen (secondary N) is 2. The summed E-state index contributed by atoms with van der Waals surface area (Å²) in [5.41, 5.74) is 2.76. The number of rotatable bonds is 2. The number of hydrogen-bond donors (Lipinski definition) is 3. The predicted octanol–water partition coefficient (Wildman–Crippen LogP) is 6.81. The Morgan fingerprint density at radius 2 is 1.48 bits per heavy atom. The number of halogens is 3. The van der Waals surface area contributed by atoms with Gasteiger partial charge < -0.3 is 5.11 Å². The summed E-state index contributed by atoms with van der Waals surface area (Å²) in [6, 6.07) is 7.41. The van der Waals surface area contributed by atoms with Crippen LogP contribution in [0.5, 0.6) is 0 Å². The van der Waals surface area contributed by atoms with E-state index in [1.54, 1.807) is 12.4 Å². The van der Waals surface area contributed by atoms with Crippen LogP contribution in [-0.4, -0.2) is 25.5 Å². The highest BCUT2D eigenvalue weighted by molar-refractivity contribution is 9.10. The minimum atomic E-state index is -0.427. The second-order valence-corrected chi connectivity index (χ2v) is 9.12. The van der Waals surface area contributed by atoms with Gasteiger partial charge in [-0.1, -0.05) is 42.5 Å². The lowest BCUT2D eigenvalue weighted by Crippen LogP contribution is -2.16. The Balaban J connectivity index is 0.000000159. The van der Waals surface area contributed by atoms with Gasteiger partial charge in [-0.3, -0.25) is 10.2 Å². The lowest BCUT2D eigenvalue weighted by atomic mass is 9.82. The van der Waals surface area contributed by atoms with Gasteiger partial charge in [0.25, 0.3) is 0 Å². The van der Waals surface area contributed by atoms with Crippen LogP contribution in [0.1, 0.15) is 43.8 Å². The molecule has 152 valence electrons. The van der Waals surface area contributed by atoms with Crippen molar-refractivity contribution in [1.29, 1.82) is 0 Å². The third-order valence-corrected chi connectivity index (χ3v) is 6.54. The Hall–Kier alpha value is -1.60. The van der Waals surface area contributed by atoms with E-state index in [1.807, 2.05) is 24.3 Å². The highest BCUT2D eigenvalue weighted by Gasteiger charge is 2.25. The largest absolute Gasteiger partial charge is 0.388 e. The second-order valence-electron chi connectivity index (χ2n) is 7.39. The van der Waals surface area contributed by atoms with Crippen LogP contribution in [0.2, 0.25) is 10.0 Å². The number of nitrogens with zero attached hydrogens (tertiary/aromatic N) is 2. The maximum absolute atomic E-state index is 10.6. The van der Waals surface area contributed by atoms with Crippen molar-refractivity contribution in [2.24, 2.45) is 5.92 Å². The Labute approximate surface area is 186 Å². The van der Waals surface area contributed by atoms with Gasteiger partial charge in [0, 0.05) is 25.3 Å². The summed E-state index contributed by atoms with van der Waals surface area (Å²) in [5.74, 6) is 0.357. The Morgan fingerprint density at radius 3 is 2.17 bits per heavy atom. The summed E-state index contributed by atoms with van der Waals surface area (Å²) >= 11 is 15.3. The first-order chi connectivity index (χ1) is 14.0. The number of aromatic amines is 2. The smallest absolute Gasteiger partial charge is 0.0825 e. The van der Waals surface area contributed by atoms with Crippen LogP contribution in [0, 0.1) is 5.92 Å². The predicted molar refractivity (Wildman–Crippen MR) is 121 cm³/mol. The van der Waals surface area contributed by atoms with Crippen molar-refractivity contribution in [2.75, 3.05) is 0 Å². The fourth-order valence-electron chi connectivity index (χ4n) is 3.97. The van der Waals surface area contributed by atoms with Crippen LogP contribution in [-0.2, 0) is 0 Å². The molecule has 2 aromatic carbocycles. The number of aliphatic hydroxyl groups excluding tert-OH is 1. The standard InChI is InChI=1S/C14H17ClN2O.C7H4BrClN2/c15-10-6-11(12-8-16-17-13(12)7-10)14(18)9-4-2-1-3-5-9;8-6-1-4(9)2-7-5(6)3-10-11-7/h6-9,14,18H,1-5H2,(H,16,17);1-3H,(H,10,11). The molecule has 3 N–H and O–H groups in total. The van der Waals surface area contributed by atoms with Gasteiger partial charge in [-0.05, 0) is 64.5 Å². The number of aliphatic hydroxyl groups is 1. The summed E-state index contributed by atoms with van der Waals surface area (Å²) in [4.78, 5) is 0. The molecule has 2 heterocycles. The van der Waals surface area contributed by atoms with Gasteiger partial charge in [-0.25, -0.2) is 0 Å². The molecular formula is C21H21BrCl2N4O. The van der Waals surface area contributed by atoms with Crippen LogP contribution in [0.4, 0.5) is 0 Å². The fraction of sp³-hybridized carbons (Fsp3) is 0.333. The molecule has 1 fully saturated rings. The van der Waals surface area contributed by atoms with Crippen LogP contribution in [0.15, 0.2) is 41.1 Å². The molecule has 0 aliphatic heterocycles. The molecule has 5 rings (SSSR count). The van der Waals surface area contributed by atoms with E-state index in [4.69, 9.17) is 23.2 Å². The van der Waals surface area contributed by atoms with Crippen LogP contribution in [0.25, 0.3) is 21.8 Å². The van der Waals surface area contributed by atoms with Gasteiger partial charge in [0.15, 0.2) is 0 Å². The minimum absolute atomic E-state index is 0.357. The lowest BCUT2D eigenvalue weighted by Gasteiger charge is -2.27. The van der Waals surface area contributed by atoms with E-state index in [9.17, 15) is 5.11 Å². The fourth-order valence-corrected chi connectivity index (χ4v) is 5.10. The van der Waals surface area contributed by atoms with Gasteiger partial charge in [0.1, 0.15) is 0 Å². The molecule has 29 heavy (non-hydrogen) atoms. The molecule has 0 amide bonds. The molecule has 5 nitrogen and oxygen atoms in total. The monoisotopic (exact) mass is 494 g/mol. The number of H-pyrrole nitrogens is 2. The minimum Gasteiger partial charge on any atom is -0.388 e. The maximum atomic E-state index is 10.6. The Morgan fingerprint density at radius 1 is 0.897 bits per heavy atom. The Kier molecular flexibility index (Phi) is 6.44. The molecule has 0 bridgehead atoms. The van der Waals surface area contributed by atoms with E-state index >= 15 is 0 Å². The summed E-state index contributed by atoms with van der Waals surface area (Å²) in [5, 5.41) is 27.6. The molecule has 0 spiro atoms. The lowest BCUT2D eigenvalue weighted by molar-refractivity contribution is 0.0861. The highest BCUT2D eigenvalue weighted by Crippen LogP contribution is 2.37. The number of hydrogen-bond acceptors (Lipinski definition) is 3. The topological polar surface area (TPSA) is 77.6 Å². The van der Waals surface area contributed by atoms with Gasteiger partial charge in [-0.15, -0.1) is 0 Å². The maximum Gasteiger partial charge on any atom is 0.0825 e. The average molecular weight is 496 g/mol. The van der Waals surface area contributed by atoms with E-state index in [0.29, 0.717) is 16.0 Å². The third-order valence-electron chi connectivity index (χ3n) is 5.44. The van der Waals surface area contributed by atoms with Gasteiger partial charge in [0.05, 0.1) is 29.5 Å². The van der Waals surface area contributed by atoms with Crippen molar-refractivity contribution in [3.05, 3.63) is 56.7 Å². The van der Waals surface area contributed by atoms with Gasteiger partial charge in [-0.2, -0.15) is 10.2 Å². The van der Waals surface area contributed by atoms with Crippen molar-refractivity contribution in [3.63, 3.8) is 0 Å². The van der Waals surface area contributed by atoms with Crippen LogP contribution < -0.4 is 0 Å². The first-order valence-corrected chi connectivity index (χ1v) is 11.2. The number of benzene rings is 2. The second kappa shape index (κ2) is 9.04. The van der Waals surface area contributed by atoms with Gasteiger partial charge >= 0.3 is 0 Å². The molecular weight excluding hydrogens is 475 g/mol. The zero-order chi connectivity index (χ0) is 20.4. The van der Waals surface area contributed by atoms with Crippen molar-refractivity contribution < 1.29 is 5.11 Å². The molecule has 1 aliphatic rings.